The minimum Gasteiger partial charge on any atom is -0.508 e. The average molecular weight is 349 g/mol. The summed E-state index contributed by atoms with van der Waals surface area (Å²) in [5, 5.41) is 30.9. The van der Waals surface area contributed by atoms with E-state index in [-0.39, 0.29) is 5.75 Å². The van der Waals surface area contributed by atoms with Crippen molar-refractivity contribution in [2.45, 2.75) is 6.04 Å². The van der Waals surface area contributed by atoms with Crippen LogP contribution in [-0.4, -0.2) is 35.5 Å². The maximum absolute atomic E-state index is 12.4. The van der Waals surface area contributed by atoms with Crippen molar-refractivity contribution in [3.05, 3.63) is 64.1 Å². The third-order valence-corrected chi connectivity index (χ3v) is 4.23. The number of aromatic amines is 1. The van der Waals surface area contributed by atoms with Gasteiger partial charge in [0, 0.05) is 5.56 Å². The number of phenolic OH excluding ortho intramolecular Hbond substituents is 1. The van der Waals surface area contributed by atoms with Gasteiger partial charge in [-0.1, -0.05) is 17.2 Å². The Hall–Kier alpha value is -3.95. The van der Waals surface area contributed by atoms with E-state index < -0.39 is 11.6 Å². The van der Waals surface area contributed by atoms with E-state index in [2.05, 4.69) is 31.0 Å². The molecule has 3 aromatic heterocycles. The van der Waals surface area contributed by atoms with E-state index >= 15 is 0 Å². The molecule has 10 nitrogen and oxygen atoms in total. The zero-order valence-corrected chi connectivity index (χ0v) is 13.1. The molecule has 5 rings (SSSR count). The molecule has 1 aliphatic rings. The van der Waals surface area contributed by atoms with E-state index in [4.69, 9.17) is 4.42 Å². The molecular formula is C16H11N7O3. The standard InChI is InChI=1S/C16H11N7O3/c24-9-5-3-8(4-6-9)14-11-12(10-2-1-7-26-10)18-19-15(25)13(11)17-16-20-21-22-23(14)16/h1-7,14,24H,(H,19,25)(H,17,20,22)/t14-/m1/s1. The van der Waals surface area contributed by atoms with Crippen LogP contribution in [0, 0.1) is 0 Å². The van der Waals surface area contributed by atoms with Gasteiger partial charge in [-0.15, -0.1) is 0 Å². The van der Waals surface area contributed by atoms with Gasteiger partial charge in [-0.05, 0) is 40.3 Å². The Morgan fingerprint density at radius 3 is 2.81 bits per heavy atom. The van der Waals surface area contributed by atoms with E-state index in [1.165, 1.54) is 6.26 Å². The van der Waals surface area contributed by atoms with Crippen LogP contribution in [0.3, 0.4) is 0 Å². The first kappa shape index (κ1) is 14.4. The third kappa shape index (κ3) is 2.02. The van der Waals surface area contributed by atoms with Crippen LogP contribution < -0.4 is 10.9 Å². The average Bonchev–Trinajstić information content (AvgIpc) is 3.33. The number of aromatic nitrogens is 6. The predicted molar refractivity (Wildman–Crippen MR) is 89.0 cm³/mol. The summed E-state index contributed by atoms with van der Waals surface area (Å²) < 4.78 is 7.04. The third-order valence-electron chi connectivity index (χ3n) is 4.23. The highest BCUT2D eigenvalue weighted by Crippen LogP contribution is 2.41. The molecule has 0 spiro atoms. The first-order chi connectivity index (χ1) is 12.7. The molecule has 3 N–H and O–H groups in total. The first-order valence-corrected chi connectivity index (χ1v) is 7.72. The van der Waals surface area contributed by atoms with Crippen LogP contribution in [0.5, 0.6) is 5.75 Å². The van der Waals surface area contributed by atoms with Gasteiger partial charge in [0.25, 0.3) is 5.56 Å². The lowest BCUT2D eigenvalue weighted by atomic mass is 9.94. The van der Waals surface area contributed by atoms with Gasteiger partial charge in [-0.3, -0.25) is 4.79 Å². The topological polar surface area (TPSA) is 135 Å². The zero-order valence-electron chi connectivity index (χ0n) is 13.1. The van der Waals surface area contributed by atoms with Crippen molar-refractivity contribution >= 4 is 11.6 Å². The molecule has 4 aromatic rings. The molecular weight excluding hydrogens is 338 g/mol. The summed E-state index contributed by atoms with van der Waals surface area (Å²) in [5.74, 6) is 0.965. The molecule has 1 aliphatic heterocycles. The number of furan rings is 1. The van der Waals surface area contributed by atoms with Crippen molar-refractivity contribution in [3.63, 3.8) is 0 Å². The number of hydrogen-bond acceptors (Lipinski definition) is 8. The smallest absolute Gasteiger partial charge is 0.288 e. The molecule has 128 valence electrons. The lowest BCUT2D eigenvalue weighted by Crippen LogP contribution is -2.29. The molecule has 26 heavy (non-hydrogen) atoms. The molecule has 1 atom stereocenters. The van der Waals surface area contributed by atoms with Crippen LogP contribution in [0.1, 0.15) is 17.2 Å². The summed E-state index contributed by atoms with van der Waals surface area (Å²) in [6.07, 6.45) is 1.53. The number of nitrogens with zero attached hydrogens (tertiary/aromatic N) is 5. The van der Waals surface area contributed by atoms with Gasteiger partial charge < -0.3 is 14.8 Å². The number of phenols is 1. The molecule has 0 fully saturated rings. The number of tetrazole rings is 1. The zero-order chi connectivity index (χ0) is 17.7. The van der Waals surface area contributed by atoms with Gasteiger partial charge in [0.2, 0.25) is 5.95 Å². The number of rotatable bonds is 2. The highest BCUT2D eigenvalue weighted by molar-refractivity contribution is 5.73. The highest BCUT2D eigenvalue weighted by atomic mass is 16.3. The number of hydrogen-bond donors (Lipinski definition) is 3. The quantitative estimate of drug-likeness (QED) is 0.435. The summed E-state index contributed by atoms with van der Waals surface area (Å²) in [7, 11) is 0. The number of benzene rings is 1. The van der Waals surface area contributed by atoms with Crippen molar-refractivity contribution in [2.24, 2.45) is 0 Å². The minimum atomic E-state index is -0.522. The molecule has 0 unspecified atom stereocenters. The van der Waals surface area contributed by atoms with Crippen LogP contribution in [0.4, 0.5) is 11.6 Å². The fraction of sp³-hybridized carbons (Fsp3) is 0.0625. The van der Waals surface area contributed by atoms with Gasteiger partial charge in [0.05, 0.1) is 6.26 Å². The molecule has 0 radical (unpaired) electrons. The summed E-state index contributed by atoms with van der Waals surface area (Å²) in [6.45, 7) is 0. The van der Waals surface area contributed by atoms with Crippen LogP contribution in [0.15, 0.2) is 51.9 Å². The van der Waals surface area contributed by atoms with E-state index in [0.29, 0.717) is 28.7 Å². The second-order valence-corrected chi connectivity index (χ2v) is 5.73. The second kappa shape index (κ2) is 5.28. The van der Waals surface area contributed by atoms with Crippen molar-refractivity contribution < 1.29 is 9.52 Å². The molecule has 0 saturated heterocycles. The van der Waals surface area contributed by atoms with Crippen LogP contribution >= 0.6 is 0 Å². The van der Waals surface area contributed by atoms with Crippen molar-refractivity contribution in [3.8, 4) is 17.2 Å². The summed E-state index contributed by atoms with van der Waals surface area (Å²) in [6, 6.07) is 9.59. The van der Waals surface area contributed by atoms with Crippen molar-refractivity contribution in [2.75, 3.05) is 5.32 Å². The molecule has 4 heterocycles. The predicted octanol–water partition coefficient (Wildman–Crippen LogP) is 1.42. The summed E-state index contributed by atoms with van der Waals surface area (Å²) in [5.41, 5.74) is 1.73. The Kier molecular flexibility index (Phi) is 2.92. The molecule has 1 aromatic carbocycles. The number of aromatic hydroxyl groups is 1. The highest BCUT2D eigenvalue weighted by Gasteiger charge is 2.34. The maximum atomic E-state index is 12.4. The Bertz CT molecular complexity index is 1150. The van der Waals surface area contributed by atoms with Crippen LogP contribution in [-0.2, 0) is 0 Å². The maximum Gasteiger partial charge on any atom is 0.288 e. The van der Waals surface area contributed by atoms with Crippen LogP contribution in [0.2, 0.25) is 0 Å². The number of fused-ring (bicyclic) bond motifs is 2. The molecule has 0 saturated carbocycles. The monoisotopic (exact) mass is 349 g/mol. The van der Waals surface area contributed by atoms with Gasteiger partial charge >= 0.3 is 0 Å². The molecule has 0 bridgehead atoms. The summed E-state index contributed by atoms with van der Waals surface area (Å²) in [4.78, 5) is 12.4. The molecule has 0 amide bonds. The Balaban J connectivity index is 1.83. The van der Waals surface area contributed by atoms with Crippen LogP contribution in [0.25, 0.3) is 11.5 Å². The number of anilines is 2. The van der Waals surface area contributed by atoms with E-state index in [1.54, 1.807) is 41.1 Å². The largest absolute Gasteiger partial charge is 0.508 e. The fourth-order valence-electron chi connectivity index (χ4n) is 3.10. The first-order valence-electron chi connectivity index (χ1n) is 7.72. The summed E-state index contributed by atoms with van der Waals surface area (Å²) >= 11 is 0. The molecule has 0 aliphatic carbocycles. The SMILES string of the molecule is O=c1[nH]nc(-c2ccco2)c2c1Nc1nnnn1[C@@H]2c1ccc(O)cc1. The fourth-order valence-corrected chi connectivity index (χ4v) is 3.10. The van der Waals surface area contributed by atoms with Gasteiger partial charge in [0.15, 0.2) is 5.76 Å². The van der Waals surface area contributed by atoms with Gasteiger partial charge in [-0.2, -0.15) is 9.78 Å². The van der Waals surface area contributed by atoms with E-state index in [1.807, 2.05) is 0 Å². The van der Waals surface area contributed by atoms with E-state index in [9.17, 15) is 9.90 Å². The van der Waals surface area contributed by atoms with Gasteiger partial charge in [0.1, 0.15) is 23.2 Å². The lowest BCUT2D eigenvalue weighted by molar-refractivity contribution is 0.474. The minimum absolute atomic E-state index is 0.134. The van der Waals surface area contributed by atoms with Crippen molar-refractivity contribution in [1.82, 2.24) is 30.4 Å². The second-order valence-electron chi connectivity index (χ2n) is 5.73. The number of H-pyrrole nitrogens is 1. The number of nitrogens with one attached hydrogen (secondary N) is 2. The lowest BCUT2D eigenvalue weighted by Gasteiger charge is -2.27. The Morgan fingerprint density at radius 2 is 2.04 bits per heavy atom. The van der Waals surface area contributed by atoms with Crippen molar-refractivity contribution in [1.29, 1.82) is 0 Å². The Morgan fingerprint density at radius 1 is 1.19 bits per heavy atom. The molecule has 10 heteroatoms. The van der Waals surface area contributed by atoms with E-state index in [0.717, 1.165) is 5.56 Å². The van der Waals surface area contributed by atoms with Gasteiger partial charge in [-0.25, -0.2) is 5.10 Å². The normalized spacial score (nSPS) is 15.2. The Labute approximate surface area is 145 Å².